The van der Waals surface area contributed by atoms with Crippen molar-refractivity contribution in [1.82, 2.24) is 0 Å². The maximum absolute atomic E-state index is 11.6. The molecular formula is C17H32O6Si. The van der Waals surface area contributed by atoms with Gasteiger partial charge in [0.15, 0.2) is 14.1 Å². The van der Waals surface area contributed by atoms with Crippen molar-refractivity contribution in [2.45, 2.75) is 89.4 Å². The van der Waals surface area contributed by atoms with Crippen molar-refractivity contribution in [3.8, 4) is 0 Å². The fourth-order valence-corrected chi connectivity index (χ4v) is 3.84. The molecule has 24 heavy (non-hydrogen) atoms. The van der Waals surface area contributed by atoms with Gasteiger partial charge in [-0.1, -0.05) is 20.8 Å². The maximum atomic E-state index is 11.6. The molecule has 2 fully saturated rings. The fourth-order valence-electron chi connectivity index (χ4n) is 2.82. The van der Waals surface area contributed by atoms with Crippen molar-refractivity contribution in [3.63, 3.8) is 0 Å². The minimum atomic E-state index is -1.88. The van der Waals surface area contributed by atoms with Crippen LogP contribution in [0.4, 0.5) is 0 Å². The van der Waals surface area contributed by atoms with Crippen molar-refractivity contribution in [3.05, 3.63) is 0 Å². The van der Waals surface area contributed by atoms with Crippen molar-refractivity contribution in [2.75, 3.05) is 13.7 Å². The normalized spacial score (nSPS) is 32.7. The van der Waals surface area contributed by atoms with Crippen LogP contribution in [0.2, 0.25) is 18.1 Å². The highest BCUT2D eigenvalue weighted by atomic mass is 28.4. The van der Waals surface area contributed by atoms with E-state index in [1.807, 2.05) is 13.8 Å². The van der Waals surface area contributed by atoms with Gasteiger partial charge < -0.3 is 23.4 Å². The molecule has 2 heterocycles. The second kappa shape index (κ2) is 6.68. The number of methoxy groups -OCH3 is 1. The number of carbonyl (C=O) groups is 1. The lowest BCUT2D eigenvalue weighted by Crippen LogP contribution is -2.44. The van der Waals surface area contributed by atoms with E-state index in [-0.39, 0.29) is 41.8 Å². The van der Waals surface area contributed by atoms with Crippen LogP contribution in [0, 0.1) is 0 Å². The molecule has 2 rings (SSSR count). The van der Waals surface area contributed by atoms with Crippen LogP contribution in [0.5, 0.6) is 0 Å². The van der Waals surface area contributed by atoms with E-state index in [1.54, 1.807) is 0 Å². The number of hydrogen-bond acceptors (Lipinski definition) is 6. The van der Waals surface area contributed by atoms with E-state index in [1.165, 1.54) is 7.11 Å². The van der Waals surface area contributed by atoms with Crippen LogP contribution in [0.1, 0.15) is 41.0 Å². The average molecular weight is 361 g/mol. The predicted octanol–water partition coefficient (Wildman–Crippen LogP) is 2.86. The van der Waals surface area contributed by atoms with Gasteiger partial charge in [-0.05, 0) is 32.0 Å². The van der Waals surface area contributed by atoms with Crippen molar-refractivity contribution >= 4 is 14.3 Å². The molecular weight excluding hydrogens is 328 g/mol. The molecule has 0 aromatic heterocycles. The molecule has 0 aromatic carbocycles. The van der Waals surface area contributed by atoms with E-state index in [0.29, 0.717) is 6.61 Å². The van der Waals surface area contributed by atoms with Crippen LogP contribution >= 0.6 is 0 Å². The topological polar surface area (TPSA) is 63.2 Å². The molecule has 0 bridgehead atoms. The summed E-state index contributed by atoms with van der Waals surface area (Å²) in [6.07, 6.45) is -0.933. The Morgan fingerprint density at radius 3 is 2.17 bits per heavy atom. The minimum absolute atomic E-state index is 0.128. The average Bonchev–Trinajstić information content (AvgIpc) is 2.90. The zero-order valence-electron chi connectivity index (χ0n) is 16.2. The summed E-state index contributed by atoms with van der Waals surface area (Å²) in [5.74, 6) is -0.985. The molecule has 0 radical (unpaired) electrons. The van der Waals surface area contributed by atoms with Gasteiger partial charge in [-0.3, -0.25) is 4.79 Å². The van der Waals surface area contributed by atoms with E-state index >= 15 is 0 Å². The third-order valence-electron chi connectivity index (χ3n) is 5.26. The maximum Gasteiger partial charge on any atom is 0.308 e. The summed E-state index contributed by atoms with van der Waals surface area (Å²) in [6.45, 7) is 15.2. The number of fused-ring (bicyclic) bond motifs is 1. The Morgan fingerprint density at radius 2 is 1.67 bits per heavy atom. The summed E-state index contributed by atoms with van der Waals surface area (Å²) in [5.41, 5.74) is 0. The molecule has 7 heteroatoms. The molecule has 140 valence electrons. The molecule has 0 saturated carbocycles. The Balaban J connectivity index is 2.06. The van der Waals surface area contributed by atoms with Gasteiger partial charge in [0.2, 0.25) is 0 Å². The second-order valence-electron chi connectivity index (χ2n) is 8.63. The van der Waals surface area contributed by atoms with Gasteiger partial charge in [0.1, 0.15) is 18.3 Å². The molecule has 2 aliphatic heterocycles. The van der Waals surface area contributed by atoms with E-state index in [9.17, 15) is 4.79 Å². The van der Waals surface area contributed by atoms with Crippen LogP contribution in [0.15, 0.2) is 0 Å². The van der Waals surface area contributed by atoms with E-state index in [2.05, 4.69) is 33.9 Å². The highest BCUT2D eigenvalue weighted by Crippen LogP contribution is 2.41. The summed E-state index contributed by atoms with van der Waals surface area (Å²) in [5, 5.41) is 0.128. The lowest BCUT2D eigenvalue weighted by atomic mass is 10.1. The first-order valence-corrected chi connectivity index (χ1v) is 11.5. The van der Waals surface area contributed by atoms with E-state index < -0.39 is 14.1 Å². The van der Waals surface area contributed by atoms with Gasteiger partial charge >= 0.3 is 5.97 Å². The second-order valence-corrected chi connectivity index (χ2v) is 13.4. The lowest BCUT2D eigenvalue weighted by molar-refractivity contribution is -0.192. The number of hydrogen-bond donors (Lipinski definition) is 0. The molecule has 2 saturated heterocycles. The molecule has 0 amide bonds. The standard InChI is InChI=1S/C17H32O6Si/c1-16(2,3)24(7,8)20-10-12-15-14(22-17(4,5)23-15)11(21-12)9-13(18)19-6/h11-12,14-15H,9-10H2,1-8H3/t11-,12+,14-,15+/m0/s1. The van der Waals surface area contributed by atoms with Crippen LogP contribution in [-0.2, 0) is 28.2 Å². The Bertz CT molecular complexity index is 470. The Kier molecular flexibility index (Phi) is 5.53. The van der Waals surface area contributed by atoms with Crippen molar-refractivity contribution in [2.24, 2.45) is 0 Å². The SMILES string of the molecule is COC(=O)C[C@@H]1O[C@H](CO[Si](C)(C)C(C)(C)C)[C@H]2OC(C)(C)O[C@H]21. The van der Waals surface area contributed by atoms with E-state index in [0.717, 1.165) is 0 Å². The van der Waals surface area contributed by atoms with Crippen LogP contribution in [-0.4, -0.2) is 58.2 Å². The summed E-state index contributed by atoms with van der Waals surface area (Å²) < 4.78 is 29.1. The van der Waals surface area contributed by atoms with Gasteiger partial charge in [0, 0.05) is 0 Å². The van der Waals surface area contributed by atoms with Gasteiger partial charge in [0.05, 0.1) is 26.2 Å². The molecule has 4 atom stereocenters. The molecule has 0 spiro atoms. The third-order valence-corrected chi connectivity index (χ3v) is 9.76. The first-order chi connectivity index (χ1) is 10.9. The van der Waals surface area contributed by atoms with Gasteiger partial charge in [-0.15, -0.1) is 0 Å². The quantitative estimate of drug-likeness (QED) is 0.555. The Morgan fingerprint density at radius 1 is 1.12 bits per heavy atom. The molecule has 0 aromatic rings. The van der Waals surface area contributed by atoms with Crippen LogP contribution in [0.25, 0.3) is 0 Å². The summed E-state index contributed by atoms with van der Waals surface area (Å²) >= 11 is 0. The lowest BCUT2D eigenvalue weighted by Gasteiger charge is -2.37. The largest absolute Gasteiger partial charge is 0.469 e. The first kappa shape index (κ1) is 19.8. The minimum Gasteiger partial charge on any atom is -0.469 e. The highest BCUT2D eigenvalue weighted by Gasteiger charge is 2.56. The Hall–Kier alpha value is -0.473. The fraction of sp³-hybridized carbons (Fsp3) is 0.941. The molecule has 0 N–H and O–H groups in total. The number of ether oxygens (including phenoxy) is 4. The molecule has 0 aliphatic carbocycles. The molecule has 2 aliphatic rings. The van der Waals surface area contributed by atoms with Crippen LogP contribution in [0.3, 0.4) is 0 Å². The van der Waals surface area contributed by atoms with Crippen molar-refractivity contribution < 1.29 is 28.2 Å². The number of rotatable bonds is 5. The summed E-state index contributed by atoms with van der Waals surface area (Å²) in [4.78, 5) is 11.6. The van der Waals surface area contributed by atoms with Gasteiger partial charge in [-0.25, -0.2) is 0 Å². The summed E-state index contributed by atoms with van der Waals surface area (Å²) in [7, 11) is -0.503. The third kappa shape index (κ3) is 4.19. The molecule has 0 unspecified atom stereocenters. The van der Waals surface area contributed by atoms with Crippen molar-refractivity contribution in [1.29, 1.82) is 0 Å². The van der Waals surface area contributed by atoms with Gasteiger partial charge in [0.25, 0.3) is 0 Å². The number of carbonyl (C=O) groups excluding carboxylic acids is 1. The monoisotopic (exact) mass is 360 g/mol. The predicted molar refractivity (Wildman–Crippen MR) is 92.3 cm³/mol. The smallest absolute Gasteiger partial charge is 0.308 e. The Labute approximate surface area is 146 Å². The zero-order chi connectivity index (χ0) is 18.3. The van der Waals surface area contributed by atoms with E-state index in [4.69, 9.17) is 23.4 Å². The molecule has 6 nitrogen and oxygen atoms in total. The summed E-state index contributed by atoms with van der Waals surface area (Å²) in [6, 6.07) is 0. The first-order valence-electron chi connectivity index (χ1n) is 8.58. The van der Waals surface area contributed by atoms with Crippen LogP contribution < -0.4 is 0 Å². The zero-order valence-corrected chi connectivity index (χ0v) is 17.2. The number of esters is 1. The van der Waals surface area contributed by atoms with Gasteiger partial charge in [-0.2, -0.15) is 0 Å². The highest BCUT2D eigenvalue weighted by molar-refractivity contribution is 6.74.